The zero-order chi connectivity index (χ0) is 21.2. The molecule has 1 aromatic carbocycles. The Morgan fingerprint density at radius 3 is 2.43 bits per heavy atom. The summed E-state index contributed by atoms with van der Waals surface area (Å²) < 4.78 is 29.5. The summed E-state index contributed by atoms with van der Waals surface area (Å²) in [6.07, 6.45) is 1.71. The first-order valence-electron chi connectivity index (χ1n) is 9.27. The number of hydrogen-bond donors (Lipinski definition) is 1. The summed E-state index contributed by atoms with van der Waals surface area (Å²) >= 11 is 0. The van der Waals surface area contributed by atoms with E-state index in [-0.39, 0.29) is 19.0 Å². The third-order valence-corrected chi connectivity index (χ3v) is 5.52. The standard InChI is InChI=1S/C19H31N3O5S/c1-5-27-13-9-12-20-19(24)16(2)22(14-17-10-7-6-8-11-17)18(23)15-21(3)28(4,25)26/h6-8,10-11,16H,5,9,12-15H2,1-4H3,(H,20,24). The van der Waals surface area contributed by atoms with Gasteiger partial charge in [0.05, 0.1) is 12.8 Å². The molecule has 0 saturated carbocycles. The lowest BCUT2D eigenvalue weighted by molar-refractivity contribution is -0.140. The van der Waals surface area contributed by atoms with Crippen molar-refractivity contribution in [1.29, 1.82) is 0 Å². The molecule has 158 valence electrons. The molecule has 1 aromatic rings. The number of carbonyl (C=O) groups is 2. The second-order valence-corrected chi connectivity index (χ2v) is 8.63. The smallest absolute Gasteiger partial charge is 0.242 e. The maximum Gasteiger partial charge on any atom is 0.242 e. The molecule has 2 amide bonds. The second kappa shape index (κ2) is 11.8. The first-order valence-corrected chi connectivity index (χ1v) is 11.1. The van der Waals surface area contributed by atoms with E-state index in [4.69, 9.17) is 4.74 Å². The summed E-state index contributed by atoms with van der Waals surface area (Å²) in [6.45, 7) is 5.05. The number of nitrogens with one attached hydrogen (secondary N) is 1. The molecule has 0 saturated heterocycles. The minimum Gasteiger partial charge on any atom is -0.382 e. The van der Waals surface area contributed by atoms with Crippen LogP contribution in [0.5, 0.6) is 0 Å². The summed E-state index contributed by atoms with van der Waals surface area (Å²) in [5.74, 6) is -0.725. The van der Waals surface area contributed by atoms with E-state index in [1.165, 1.54) is 11.9 Å². The Morgan fingerprint density at radius 1 is 1.21 bits per heavy atom. The summed E-state index contributed by atoms with van der Waals surface area (Å²) in [5, 5.41) is 2.80. The van der Waals surface area contributed by atoms with Crippen LogP contribution in [0.2, 0.25) is 0 Å². The zero-order valence-electron chi connectivity index (χ0n) is 17.1. The molecule has 0 fully saturated rings. The summed E-state index contributed by atoms with van der Waals surface area (Å²) in [7, 11) is -2.16. The first-order chi connectivity index (χ1) is 13.2. The summed E-state index contributed by atoms with van der Waals surface area (Å²) in [5.41, 5.74) is 0.855. The normalized spacial score (nSPS) is 12.6. The molecule has 0 aliphatic rings. The SMILES string of the molecule is CCOCCCNC(=O)C(C)N(Cc1ccccc1)C(=O)CN(C)S(C)(=O)=O. The Balaban J connectivity index is 2.84. The van der Waals surface area contributed by atoms with Crippen molar-refractivity contribution in [2.75, 3.05) is 39.6 Å². The Kier molecular flexibility index (Phi) is 10.1. The molecule has 0 aliphatic heterocycles. The number of benzene rings is 1. The van der Waals surface area contributed by atoms with Crippen molar-refractivity contribution >= 4 is 21.8 Å². The predicted octanol–water partition coefficient (Wildman–Crippen LogP) is 0.838. The lowest BCUT2D eigenvalue weighted by Gasteiger charge is -2.30. The Hall–Kier alpha value is -1.97. The van der Waals surface area contributed by atoms with E-state index in [9.17, 15) is 18.0 Å². The zero-order valence-corrected chi connectivity index (χ0v) is 17.9. The van der Waals surface area contributed by atoms with Gasteiger partial charge < -0.3 is 15.0 Å². The molecule has 1 atom stereocenters. The highest BCUT2D eigenvalue weighted by molar-refractivity contribution is 7.88. The van der Waals surface area contributed by atoms with Crippen LogP contribution in [0.25, 0.3) is 0 Å². The average molecular weight is 414 g/mol. The van der Waals surface area contributed by atoms with E-state index in [1.54, 1.807) is 6.92 Å². The van der Waals surface area contributed by atoms with Gasteiger partial charge in [0.15, 0.2) is 0 Å². The molecule has 1 unspecified atom stereocenters. The van der Waals surface area contributed by atoms with Gasteiger partial charge in [-0.2, -0.15) is 4.31 Å². The van der Waals surface area contributed by atoms with Gasteiger partial charge in [-0.15, -0.1) is 0 Å². The topological polar surface area (TPSA) is 96.0 Å². The van der Waals surface area contributed by atoms with Gasteiger partial charge in [-0.25, -0.2) is 8.42 Å². The lowest BCUT2D eigenvalue weighted by atomic mass is 10.1. The predicted molar refractivity (Wildman–Crippen MR) is 108 cm³/mol. The second-order valence-electron chi connectivity index (χ2n) is 6.54. The number of ether oxygens (including phenoxy) is 1. The monoisotopic (exact) mass is 413 g/mol. The van der Waals surface area contributed by atoms with E-state index in [2.05, 4.69) is 5.32 Å². The summed E-state index contributed by atoms with van der Waals surface area (Å²) in [4.78, 5) is 26.7. The van der Waals surface area contributed by atoms with Crippen LogP contribution < -0.4 is 5.32 Å². The maximum atomic E-state index is 12.8. The van der Waals surface area contributed by atoms with Crippen molar-refractivity contribution in [3.63, 3.8) is 0 Å². The fourth-order valence-electron chi connectivity index (χ4n) is 2.44. The highest BCUT2D eigenvalue weighted by Gasteiger charge is 2.28. The molecule has 0 heterocycles. The third-order valence-electron chi connectivity index (χ3n) is 4.26. The Labute approximate surface area is 167 Å². The van der Waals surface area contributed by atoms with Gasteiger partial charge in [0, 0.05) is 33.4 Å². The van der Waals surface area contributed by atoms with Crippen LogP contribution in [0.1, 0.15) is 25.8 Å². The van der Waals surface area contributed by atoms with E-state index in [0.29, 0.717) is 26.2 Å². The third kappa shape index (κ3) is 8.37. The molecule has 1 N–H and O–H groups in total. The Morgan fingerprint density at radius 2 is 1.86 bits per heavy atom. The molecule has 0 bridgehead atoms. The molecule has 28 heavy (non-hydrogen) atoms. The van der Waals surface area contributed by atoms with Crippen LogP contribution in [-0.4, -0.2) is 75.1 Å². The number of nitrogens with zero attached hydrogens (tertiary/aromatic N) is 2. The summed E-state index contributed by atoms with van der Waals surface area (Å²) in [6, 6.07) is 8.52. The molecular weight excluding hydrogens is 382 g/mol. The molecule has 0 aromatic heterocycles. The van der Waals surface area contributed by atoms with Gasteiger partial charge in [-0.1, -0.05) is 30.3 Å². The number of carbonyl (C=O) groups excluding carboxylic acids is 2. The van der Waals surface area contributed by atoms with Crippen LogP contribution in [0.3, 0.4) is 0 Å². The van der Waals surface area contributed by atoms with Crippen LogP contribution in [0.4, 0.5) is 0 Å². The minimum atomic E-state index is -3.50. The van der Waals surface area contributed by atoms with Crippen molar-refractivity contribution in [3.8, 4) is 0 Å². The van der Waals surface area contributed by atoms with E-state index < -0.39 is 22.0 Å². The lowest BCUT2D eigenvalue weighted by Crippen LogP contribution is -2.50. The van der Waals surface area contributed by atoms with Crippen molar-refractivity contribution in [2.45, 2.75) is 32.9 Å². The molecule has 1 rings (SSSR count). The fourth-order valence-corrected chi connectivity index (χ4v) is 2.78. The number of sulfonamides is 1. The van der Waals surface area contributed by atoms with Gasteiger partial charge in [0.1, 0.15) is 6.04 Å². The Bertz CT molecular complexity index is 724. The largest absolute Gasteiger partial charge is 0.382 e. The molecule has 0 aliphatic carbocycles. The van der Waals surface area contributed by atoms with Gasteiger partial charge in [-0.3, -0.25) is 9.59 Å². The van der Waals surface area contributed by atoms with Crippen molar-refractivity contribution < 1.29 is 22.7 Å². The van der Waals surface area contributed by atoms with Gasteiger partial charge in [0.2, 0.25) is 21.8 Å². The molecule has 8 nitrogen and oxygen atoms in total. The van der Waals surface area contributed by atoms with Gasteiger partial charge in [0.25, 0.3) is 0 Å². The van der Waals surface area contributed by atoms with Crippen molar-refractivity contribution in [1.82, 2.24) is 14.5 Å². The van der Waals surface area contributed by atoms with Crippen LogP contribution in [0.15, 0.2) is 30.3 Å². The van der Waals surface area contributed by atoms with Crippen LogP contribution >= 0.6 is 0 Å². The van der Waals surface area contributed by atoms with E-state index >= 15 is 0 Å². The fraction of sp³-hybridized carbons (Fsp3) is 0.579. The maximum absolute atomic E-state index is 12.8. The molecular formula is C19H31N3O5S. The number of amides is 2. The molecule has 0 spiro atoms. The molecule has 0 radical (unpaired) electrons. The molecule has 9 heteroatoms. The average Bonchev–Trinajstić information content (AvgIpc) is 2.65. The van der Waals surface area contributed by atoms with Crippen LogP contribution in [-0.2, 0) is 30.9 Å². The van der Waals surface area contributed by atoms with Gasteiger partial charge >= 0.3 is 0 Å². The van der Waals surface area contributed by atoms with Gasteiger partial charge in [-0.05, 0) is 25.8 Å². The van der Waals surface area contributed by atoms with E-state index in [1.807, 2.05) is 37.3 Å². The quantitative estimate of drug-likeness (QED) is 0.512. The van der Waals surface area contributed by atoms with Crippen LogP contribution in [0, 0.1) is 0 Å². The van der Waals surface area contributed by atoms with Crippen molar-refractivity contribution in [3.05, 3.63) is 35.9 Å². The highest BCUT2D eigenvalue weighted by atomic mass is 32.2. The first kappa shape index (κ1) is 24.1. The number of hydrogen-bond acceptors (Lipinski definition) is 5. The number of likely N-dealkylation sites (N-methyl/N-ethyl adjacent to an activating group) is 1. The van der Waals surface area contributed by atoms with E-state index in [0.717, 1.165) is 16.1 Å². The highest BCUT2D eigenvalue weighted by Crippen LogP contribution is 2.10. The minimum absolute atomic E-state index is 0.213. The van der Waals surface area contributed by atoms with Crippen molar-refractivity contribution in [2.24, 2.45) is 0 Å². The number of rotatable bonds is 12.